The van der Waals surface area contributed by atoms with E-state index in [1.165, 1.54) is 0 Å². The Kier molecular flexibility index (Phi) is 7.39. The minimum Gasteiger partial charge on any atom is -0.465 e. The number of nitriles is 1. The first kappa shape index (κ1) is 26.7. The van der Waals surface area contributed by atoms with Gasteiger partial charge in [0.15, 0.2) is 5.76 Å². The fraction of sp³-hybridized carbons (Fsp3) is 0.250. The van der Waals surface area contributed by atoms with Crippen molar-refractivity contribution in [2.24, 2.45) is 0 Å². The van der Waals surface area contributed by atoms with Gasteiger partial charge in [0.05, 0.1) is 23.7 Å². The number of rotatable bonds is 8. The number of hydrogen-bond acceptors (Lipinski definition) is 7. The average molecular weight is 536 g/mol. The SMILES string of the molecule is CCOC(=O)C1(c2ccc(-c3ccc(-c4onc(C)c4NC(=O)O[C@H](C)c4ccccc4C#N)cc3)cc2)CC1. The Bertz CT molecular complexity index is 1580. The van der Waals surface area contributed by atoms with Crippen molar-refractivity contribution in [1.29, 1.82) is 5.26 Å². The number of carbonyl (C=O) groups excluding carboxylic acids is 2. The van der Waals surface area contributed by atoms with Gasteiger partial charge in [-0.05, 0) is 56.4 Å². The molecular formula is C32H29N3O5. The van der Waals surface area contributed by atoms with Crippen LogP contribution in [0.25, 0.3) is 22.5 Å². The summed E-state index contributed by atoms with van der Waals surface area (Å²) in [7, 11) is 0. The Morgan fingerprint density at radius 2 is 1.65 bits per heavy atom. The Balaban J connectivity index is 1.29. The van der Waals surface area contributed by atoms with E-state index in [-0.39, 0.29) is 5.97 Å². The molecule has 0 radical (unpaired) electrons. The maximum atomic E-state index is 12.7. The van der Waals surface area contributed by atoms with E-state index in [0.29, 0.717) is 34.9 Å². The van der Waals surface area contributed by atoms with Gasteiger partial charge in [-0.2, -0.15) is 5.26 Å². The van der Waals surface area contributed by atoms with Crippen LogP contribution in [0.3, 0.4) is 0 Å². The maximum absolute atomic E-state index is 12.7. The highest BCUT2D eigenvalue weighted by Gasteiger charge is 2.52. The van der Waals surface area contributed by atoms with Crippen molar-refractivity contribution in [3.05, 3.63) is 95.2 Å². The van der Waals surface area contributed by atoms with E-state index in [0.717, 1.165) is 35.1 Å². The number of hydrogen-bond donors (Lipinski definition) is 1. The van der Waals surface area contributed by atoms with Crippen LogP contribution in [0.2, 0.25) is 0 Å². The van der Waals surface area contributed by atoms with E-state index >= 15 is 0 Å². The quantitative estimate of drug-likeness (QED) is 0.239. The number of esters is 1. The lowest BCUT2D eigenvalue weighted by molar-refractivity contribution is -0.146. The molecule has 0 saturated heterocycles. The molecule has 0 bridgehead atoms. The maximum Gasteiger partial charge on any atom is 0.412 e. The van der Waals surface area contributed by atoms with Gasteiger partial charge in [0.1, 0.15) is 17.5 Å². The highest BCUT2D eigenvalue weighted by atomic mass is 16.6. The Morgan fingerprint density at radius 1 is 1.02 bits per heavy atom. The molecule has 5 rings (SSSR count). The molecule has 1 fully saturated rings. The summed E-state index contributed by atoms with van der Waals surface area (Å²) in [4.78, 5) is 25.1. The molecule has 1 aliphatic rings. The molecule has 1 heterocycles. The average Bonchev–Trinajstić information content (AvgIpc) is 3.72. The fourth-order valence-corrected chi connectivity index (χ4v) is 4.82. The summed E-state index contributed by atoms with van der Waals surface area (Å²) in [5.41, 5.74) is 5.22. The van der Waals surface area contributed by atoms with Gasteiger partial charge in [0.25, 0.3) is 0 Å². The zero-order valence-electron chi connectivity index (χ0n) is 22.6. The van der Waals surface area contributed by atoms with E-state index in [2.05, 4.69) is 16.5 Å². The van der Waals surface area contributed by atoms with Crippen molar-refractivity contribution in [2.45, 2.75) is 45.1 Å². The van der Waals surface area contributed by atoms with E-state index in [9.17, 15) is 14.9 Å². The van der Waals surface area contributed by atoms with Crippen LogP contribution >= 0.6 is 0 Å². The summed E-state index contributed by atoms with van der Waals surface area (Å²) >= 11 is 0. The van der Waals surface area contributed by atoms with Crippen LogP contribution in [0, 0.1) is 18.3 Å². The first-order valence-corrected chi connectivity index (χ1v) is 13.2. The predicted molar refractivity (Wildman–Crippen MR) is 149 cm³/mol. The predicted octanol–water partition coefficient (Wildman–Crippen LogP) is 7.09. The number of aromatic nitrogens is 1. The Labute approximate surface area is 232 Å². The third kappa shape index (κ3) is 5.19. The summed E-state index contributed by atoms with van der Waals surface area (Å²) in [5, 5.41) is 16.1. The van der Waals surface area contributed by atoms with Gasteiger partial charge >= 0.3 is 12.1 Å². The molecule has 8 nitrogen and oxygen atoms in total. The molecule has 0 aliphatic heterocycles. The van der Waals surface area contributed by atoms with Gasteiger partial charge in [-0.25, -0.2) is 4.79 Å². The van der Waals surface area contributed by atoms with Crippen molar-refractivity contribution in [3.63, 3.8) is 0 Å². The number of aryl methyl sites for hydroxylation is 1. The van der Waals surface area contributed by atoms with E-state index in [1.54, 1.807) is 38.1 Å². The summed E-state index contributed by atoms with van der Waals surface area (Å²) < 4.78 is 16.4. The van der Waals surface area contributed by atoms with Crippen LogP contribution in [0.15, 0.2) is 77.3 Å². The smallest absolute Gasteiger partial charge is 0.412 e. The zero-order chi connectivity index (χ0) is 28.3. The van der Waals surface area contributed by atoms with Crippen molar-refractivity contribution in [2.75, 3.05) is 11.9 Å². The standard InChI is InChI=1S/C32H29N3O5/c1-4-38-30(36)32(17-18-32)26-15-13-23(14-16-26)22-9-11-24(12-10-22)29-28(20(2)35-40-29)34-31(37)39-21(3)27-8-6-5-7-25(27)19-33/h5-16,21H,4,17-18H2,1-3H3,(H,34,37)/t21-/m1/s1. The molecule has 1 atom stereocenters. The molecule has 4 aromatic rings. The van der Waals surface area contributed by atoms with Crippen LogP contribution in [0.5, 0.6) is 0 Å². The second-order valence-corrected chi connectivity index (χ2v) is 9.80. The van der Waals surface area contributed by atoms with Crippen LogP contribution in [-0.2, 0) is 19.7 Å². The number of anilines is 1. The van der Waals surface area contributed by atoms with Gasteiger partial charge < -0.3 is 14.0 Å². The summed E-state index contributed by atoms with van der Waals surface area (Å²) in [6, 6.07) is 24.8. The van der Waals surface area contributed by atoms with Gasteiger partial charge in [0, 0.05) is 11.1 Å². The molecule has 1 aromatic heterocycles. The number of nitrogens with one attached hydrogen (secondary N) is 1. The molecule has 1 amide bonds. The van der Waals surface area contributed by atoms with Crippen LogP contribution < -0.4 is 5.32 Å². The molecular weight excluding hydrogens is 506 g/mol. The molecule has 1 aliphatic carbocycles. The highest BCUT2D eigenvalue weighted by Crippen LogP contribution is 2.49. The van der Waals surface area contributed by atoms with Gasteiger partial charge in [-0.15, -0.1) is 0 Å². The van der Waals surface area contributed by atoms with E-state index in [1.807, 2.05) is 55.5 Å². The lowest BCUT2D eigenvalue weighted by Crippen LogP contribution is -2.23. The van der Waals surface area contributed by atoms with Crippen LogP contribution in [-0.4, -0.2) is 23.8 Å². The number of nitrogens with zero attached hydrogens (tertiary/aromatic N) is 2. The second-order valence-electron chi connectivity index (χ2n) is 9.80. The van der Waals surface area contributed by atoms with Crippen LogP contribution in [0.1, 0.15) is 55.2 Å². The molecule has 0 spiro atoms. The molecule has 202 valence electrons. The van der Waals surface area contributed by atoms with E-state index < -0.39 is 17.6 Å². The van der Waals surface area contributed by atoms with Gasteiger partial charge in [-0.1, -0.05) is 71.9 Å². The number of ether oxygens (including phenoxy) is 2. The Morgan fingerprint density at radius 3 is 2.27 bits per heavy atom. The largest absolute Gasteiger partial charge is 0.465 e. The molecule has 1 N–H and O–H groups in total. The fourth-order valence-electron chi connectivity index (χ4n) is 4.82. The van der Waals surface area contributed by atoms with Crippen LogP contribution in [0.4, 0.5) is 10.5 Å². The summed E-state index contributed by atoms with van der Waals surface area (Å²) in [6.07, 6.45) is 0.317. The number of carbonyl (C=O) groups is 2. The molecule has 0 unspecified atom stereocenters. The molecule has 40 heavy (non-hydrogen) atoms. The molecule has 1 saturated carbocycles. The lowest BCUT2D eigenvalue weighted by atomic mass is 9.93. The van der Waals surface area contributed by atoms with Crippen molar-refractivity contribution >= 4 is 17.7 Å². The van der Waals surface area contributed by atoms with Crippen molar-refractivity contribution < 1.29 is 23.6 Å². The Hall–Kier alpha value is -4.90. The molecule has 8 heteroatoms. The minimum absolute atomic E-state index is 0.149. The van der Waals surface area contributed by atoms with Gasteiger partial charge in [-0.3, -0.25) is 10.1 Å². The second kappa shape index (κ2) is 11.1. The third-order valence-corrected chi connectivity index (χ3v) is 7.23. The number of amides is 1. The normalized spacial score (nSPS) is 14.1. The summed E-state index contributed by atoms with van der Waals surface area (Å²) in [5.74, 6) is 0.260. The first-order valence-electron chi connectivity index (χ1n) is 13.2. The molecule has 3 aromatic carbocycles. The zero-order valence-corrected chi connectivity index (χ0v) is 22.6. The van der Waals surface area contributed by atoms with Crippen molar-refractivity contribution in [3.8, 4) is 28.5 Å². The first-order chi connectivity index (χ1) is 19.4. The van der Waals surface area contributed by atoms with E-state index in [4.69, 9.17) is 14.0 Å². The third-order valence-electron chi connectivity index (χ3n) is 7.23. The monoisotopic (exact) mass is 535 g/mol. The highest BCUT2D eigenvalue weighted by molar-refractivity contribution is 5.91. The summed E-state index contributed by atoms with van der Waals surface area (Å²) in [6.45, 7) is 5.65. The number of benzene rings is 3. The topological polar surface area (TPSA) is 114 Å². The minimum atomic E-state index is -0.680. The van der Waals surface area contributed by atoms with Crippen molar-refractivity contribution in [1.82, 2.24) is 5.16 Å². The van der Waals surface area contributed by atoms with Gasteiger partial charge in [0.2, 0.25) is 0 Å². The lowest BCUT2D eigenvalue weighted by Gasteiger charge is -2.15.